The molecule has 0 amide bonds. The molecular formula is C14H19F3N2. The summed E-state index contributed by atoms with van der Waals surface area (Å²) in [6.07, 6.45) is -2.00. The molecular weight excluding hydrogens is 253 g/mol. The van der Waals surface area contributed by atoms with E-state index in [1.165, 1.54) is 12.1 Å². The van der Waals surface area contributed by atoms with Gasteiger partial charge in [-0.05, 0) is 36.8 Å². The van der Waals surface area contributed by atoms with Gasteiger partial charge in [0, 0.05) is 11.6 Å². The maximum absolute atomic E-state index is 13.2. The van der Waals surface area contributed by atoms with Crippen LogP contribution in [0.25, 0.3) is 0 Å². The molecule has 0 heterocycles. The van der Waals surface area contributed by atoms with Crippen LogP contribution in [0.4, 0.5) is 13.2 Å². The summed E-state index contributed by atoms with van der Waals surface area (Å²) in [6, 6.07) is 6.29. The molecule has 2 rings (SSSR count). The first-order valence-electron chi connectivity index (χ1n) is 6.49. The van der Waals surface area contributed by atoms with Crippen LogP contribution < -0.4 is 11.5 Å². The lowest BCUT2D eigenvalue weighted by Gasteiger charge is -2.36. The minimum Gasteiger partial charge on any atom is -0.328 e. The topological polar surface area (TPSA) is 52.0 Å². The van der Waals surface area contributed by atoms with E-state index < -0.39 is 18.1 Å². The van der Waals surface area contributed by atoms with Gasteiger partial charge in [-0.15, -0.1) is 0 Å². The molecule has 19 heavy (non-hydrogen) atoms. The Bertz CT molecular complexity index is 411. The van der Waals surface area contributed by atoms with Crippen molar-refractivity contribution in [3.8, 4) is 0 Å². The lowest BCUT2D eigenvalue weighted by molar-refractivity contribution is 0.0495. The highest BCUT2D eigenvalue weighted by molar-refractivity contribution is 5.30. The fourth-order valence-corrected chi connectivity index (χ4v) is 2.59. The summed E-state index contributed by atoms with van der Waals surface area (Å²) in [7, 11) is 0. The molecule has 4 N–H and O–H groups in total. The highest BCUT2D eigenvalue weighted by Crippen LogP contribution is 2.35. The molecule has 1 aromatic rings. The summed E-state index contributed by atoms with van der Waals surface area (Å²) in [5, 5.41) is 0. The first kappa shape index (κ1) is 14.3. The normalized spacial score (nSPS) is 29.5. The van der Waals surface area contributed by atoms with Crippen molar-refractivity contribution < 1.29 is 13.2 Å². The number of nitrogens with two attached hydrogens (primary N) is 2. The van der Waals surface area contributed by atoms with E-state index in [9.17, 15) is 13.2 Å². The van der Waals surface area contributed by atoms with Gasteiger partial charge in [-0.3, -0.25) is 0 Å². The fraction of sp³-hybridized carbons (Fsp3) is 0.571. The van der Waals surface area contributed by atoms with E-state index in [1.807, 2.05) is 0 Å². The molecule has 1 atom stereocenters. The van der Waals surface area contributed by atoms with E-state index in [1.54, 1.807) is 12.1 Å². The second kappa shape index (κ2) is 5.51. The molecule has 2 nitrogen and oxygen atoms in total. The third kappa shape index (κ3) is 3.09. The quantitative estimate of drug-likeness (QED) is 0.888. The molecule has 0 aliphatic heterocycles. The molecule has 1 unspecified atom stereocenters. The van der Waals surface area contributed by atoms with Crippen molar-refractivity contribution >= 4 is 0 Å². The molecule has 1 saturated carbocycles. The summed E-state index contributed by atoms with van der Waals surface area (Å²) in [5.74, 6) is 0. The first-order chi connectivity index (χ1) is 8.92. The number of alkyl halides is 3. The summed E-state index contributed by atoms with van der Waals surface area (Å²) in [6.45, 7) is 0. The van der Waals surface area contributed by atoms with E-state index in [0.29, 0.717) is 0 Å². The zero-order chi connectivity index (χ0) is 14.0. The van der Waals surface area contributed by atoms with Crippen molar-refractivity contribution in [1.29, 1.82) is 0 Å². The predicted octanol–water partition coefficient (Wildman–Crippen LogP) is 3.02. The van der Waals surface area contributed by atoms with Gasteiger partial charge in [0.05, 0.1) is 0 Å². The highest BCUT2D eigenvalue weighted by Gasteiger charge is 2.32. The molecule has 0 aromatic heterocycles. The van der Waals surface area contributed by atoms with E-state index in [0.717, 1.165) is 31.2 Å². The average molecular weight is 272 g/mol. The van der Waals surface area contributed by atoms with Gasteiger partial charge < -0.3 is 11.5 Å². The summed E-state index contributed by atoms with van der Waals surface area (Å²) >= 11 is 0. The van der Waals surface area contributed by atoms with E-state index >= 15 is 0 Å². The Morgan fingerprint density at radius 1 is 1.05 bits per heavy atom. The number of halogens is 3. The van der Waals surface area contributed by atoms with Crippen LogP contribution in [0.1, 0.15) is 43.0 Å². The van der Waals surface area contributed by atoms with Crippen LogP contribution in [0.5, 0.6) is 0 Å². The lowest BCUT2D eigenvalue weighted by Crippen LogP contribution is -2.43. The molecule has 106 valence electrons. The maximum atomic E-state index is 13.2. The average Bonchev–Trinajstić information content (AvgIpc) is 2.41. The Hall–Kier alpha value is -1.07. The number of hydrogen-bond acceptors (Lipinski definition) is 2. The number of benzene rings is 1. The molecule has 5 heteroatoms. The zero-order valence-corrected chi connectivity index (χ0v) is 10.7. The maximum Gasteiger partial charge on any atom is 0.273 e. The standard InChI is InChI=1S/C14H19F3N2/c15-12(13(16)17)9-1-3-10(4-2-9)14(19)7-5-11(18)6-8-14/h1-4,11-13H,5-8,18-19H2. The first-order valence-corrected chi connectivity index (χ1v) is 6.49. The van der Waals surface area contributed by atoms with Crippen LogP contribution in [0, 0.1) is 0 Å². The van der Waals surface area contributed by atoms with Crippen LogP contribution in [0.3, 0.4) is 0 Å². The SMILES string of the molecule is NC1CCC(N)(c2ccc(C(F)C(F)F)cc2)CC1. The molecule has 0 bridgehead atoms. The molecule has 0 saturated heterocycles. The molecule has 1 fully saturated rings. The second-order valence-electron chi connectivity index (χ2n) is 5.35. The van der Waals surface area contributed by atoms with Crippen molar-refractivity contribution in [2.24, 2.45) is 11.5 Å². The minimum absolute atomic E-state index is 0.00476. The smallest absolute Gasteiger partial charge is 0.273 e. The third-order valence-corrected chi connectivity index (χ3v) is 3.95. The van der Waals surface area contributed by atoms with Gasteiger partial charge in [-0.25, -0.2) is 13.2 Å². The van der Waals surface area contributed by atoms with Crippen molar-refractivity contribution in [2.45, 2.75) is 49.9 Å². The van der Waals surface area contributed by atoms with Crippen molar-refractivity contribution in [2.75, 3.05) is 0 Å². The highest BCUT2D eigenvalue weighted by atomic mass is 19.3. The Labute approximate surface area is 111 Å². The minimum atomic E-state index is -3.00. The van der Waals surface area contributed by atoms with Crippen LogP contribution in [-0.2, 0) is 5.54 Å². The Balaban J connectivity index is 2.14. The van der Waals surface area contributed by atoms with Gasteiger partial charge in [0.25, 0.3) is 6.43 Å². The van der Waals surface area contributed by atoms with Crippen LogP contribution >= 0.6 is 0 Å². The Morgan fingerprint density at radius 2 is 1.58 bits per heavy atom. The van der Waals surface area contributed by atoms with Crippen molar-refractivity contribution in [3.63, 3.8) is 0 Å². The number of rotatable bonds is 3. The van der Waals surface area contributed by atoms with Gasteiger partial charge in [0.15, 0.2) is 6.17 Å². The van der Waals surface area contributed by atoms with Crippen molar-refractivity contribution in [3.05, 3.63) is 35.4 Å². The van der Waals surface area contributed by atoms with Crippen LogP contribution in [0.15, 0.2) is 24.3 Å². The van der Waals surface area contributed by atoms with Crippen molar-refractivity contribution in [1.82, 2.24) is 0 Å². The molecule has 1 aliphatic rings. The summed E-state index contributed by atoms with van der Waals surface area (Å²) in [5.41, 5.74) is 12.6. The lowest BCUT2D eigenvalue weighted by atomic mass is 9.76. The van der Waals surface area contributed by atoms with Gasteiger partial charge in [0.1, 0.15) is 0 Å². The Kier molecular flexibility index (Phi) is 4.16. The van der Waals surface area contributed by atoms with Crippen LogP contribution in [0.2, 0.25) is 0 Å². The van der Waals surface area contributed by atoms with Gasteiger partial charge in [-0.1, -0.05) is 24.3 Å². The molecule has 1 aromatic carbocycles. The second-order valence-corrected chi connectivity index (χ2v) is 5.35. The van der Waals surface area contributed by atoms with Gasteiger partial charge in [0.2, 0.25) is 0 Å². The largest absolute Gasteiger partial charge is 0.328 e. The molecule has 1 aliphatic carbocycles. The van der Waals surface area contributed by atoms with Gasteiger partial charge in [-0.2, -0.15) is 0 Å². The predicted molar refractivity (Wildman–Crippen MR) is 68.6 cm³/mol. The zero-order valence-electron chi connectivity index (χ0n) is 10.7. The van der Waals surface area contributed by atoms with E-state index in [2.05, 4.69) is 0 Å². The van der Waals surface area contributed by atoms with Gasteiger partial charge >= 0.3 is 0 Å². The fourth-order valence-electron chi connectivity index (χ4n) is 2.59. The number of hydrogen-bond donors (Lipinski definition) is 2. The van der Waals surface area contributed by atoms with E-state index in [-0.39, 0.29) is 11.6 Å². The van der Waals surface area contributed by atoms with Crippen LogP contribution in [-0.4, -0.2) is 12.5 Å². The monoisotopic (exact) mass is 272 g/mol. The van der Waals surface area contributed by atoms with E-state index in [4.69, 9.17) is 11.5 Å². The molecule has 0 spiro atoms. The molecule has 0 radical (unpaired) electrons. The summed E-state index contributed by atoms with van der Waals surface area (Å²) < 4.78 is 37.7. The third-order valence-electron chi connectivity index (χ3n) is 3.95. The Morgan fingerprint density at radius 3 is 2.05 bits per heavy atom. The summed E-state index contributed by atoms with van der Waals surface area (Å²) in [4.78, 5) is 0.